The number of carbonyl (C=O) groups is 2. The quantitative estimate of drug-likeness (QED) is 0.898. The first-order chi connectivity index (χ1) is 10.1. The van der Waals surface area contributed by atoms with Gasteiger partial charge in [-0.05, 0) is 30.5 Å². The van der Waals surface area contributed by atoms with Crippen molar-refractivity contribution in [2.75, 3.05) is 12.3 Å². The third kappa shape index (κ3) is 3.99. The van der Waals surface area contributed by atoms with Crippen molar-refractivity contribution < 1.29 is 14.7 Å². The van der Waals surface area contributed by atoms with E-state index < -0.39 is 12.0 Å². The molecule has 1 amide bonds. The Morgan fingerprint density at radius 3 is 2.71 bits per heavy atom. The van der Waals surface area contributed by atoms with Crippen LogP contribution in [0.15, 0.2) is 24.3 Å². The molecular weight excluding hydrogens is 288 g/mol. The van der Waals surface area contributed by atoms with E-state index in [1.54, 1.807) is 12.1 Å². The third-order valence-electron chi connectivity index (χ3n) is 3.44. The molecule has 0 radical (unpaired) electrons. The number of rotatable bonds is 5. The molecule has 0 saturated carbocycles. The lowest BCUT2D eigenvalue weighted by Crippen LogP contribution is -2.41. The number of carbonyl (C=O) groups excluding carboxylic acids is 1. The molecular formula is C15H16N2O3S. The van der Waals surface area contributed by atoms with E-state index in [1.807, 2.05) is 12.1 Å². The molecule has 1 N–H and O–H groups in total. The first-order valence-electron chi connectivity index (χ1n) is 6.71. The van der Waals surface area contributed by atoms with Gasteiger partial charge in [-0.3, -0.25) is 4.79 Å². The average Bonchev–Trinajstić information content (AvgIpc) is 2.97. The van der Waals surface area contributed by atoms with Crippen molar-refractivity contribution in [3.05, 3.63) is 35.4 Å². The van der Waals surface area contributed by atoms with Crippen molar-refractivity contribution in [3.8, 4) is 6.07 Å². The number of nitrogens with zero attached hydrogens (tertiary/aromatic N) is 2. The van der Waals surface area contributed by atoms with Crippen LogP contribution in [-0.2, 0) is 15.3 Å². The van der Waals surface area contributed by atoms with E-state index >= 15 is 0 Å². The van der Waals surface area contributed by atoms with Gasteiger partial charge in [-0.2, -0.15) is 5.26 Å². The Morgan fingerprint density at radius 1 is 1.38 bits per heavy atom. The van der Waals surface area contributed by atoms with E-state index in [1.165, 1.54) is 16.7 Å². The minimum Gasteiger partial charge on any atom is -0.480 e. The Kier molecular flexibility index (Phi) is 5.23. The first-order valence-corrected chi connectivity index (χ1v) is 7.86. The smallest absolute Gasteiger partial charge is 0.326 e. The monoisotopic (exact) mass is 304 g/mol. The molecule has 2 rings (SSSR count). The summed E-state index contributed by atoms with van der Waals surface area (Å²) in [6.45, 7) is 0.535. The maximum atomic E-state index is 12.0. The van der Waals surface area contributed by atoms with Crippen LogP contribution >= 0.6 is 11.8 Å². The Labute approximate surface area is 127 Å². The summed E-state index contributed by atoms with van der Waals surface area (Å²) >= 11 is 1.46. The molecule has 1 fully saturated rings. The van der Waals surface area contributed by atoms with Crippen molar-refractivity contribution in [3.63, 3.8) is 0 Å². The normalized spacial score (nSPS) is 17.5. The molecule has 1 aromatic carbocycles. The molecule has 1 atom stereocenters. The van der Waals surface area contributed by atoms with E-state index in [2.05, 4.69) is 6.07 Å². The van der Waals surface area contributed by atoms with Crippen LogP contribution in [0.3, 0.4) is 0 Å². The van der Waals surface area contributed by atoms with Gasteiger partial charge in [0.25, 0.3) is 0 Å². The van der Waals surface area contributed by atoms with Gasteiger partial charge in [0.2, 0.25) is 5.91 Å². The summed E-state index contributed by atoms with van der Waals surface area (Å²) in [6.07, 6.45) is 1.30. The standard InChI is InChI=1S/C15H16N2O3S/c16-8-11-3-5-12(6-4-11)9-21-10-14(18)17-7-1-2-13(17)15(19)20/h3-6,13H,1-2,7,9-10H2,(H,19,20)/t13-/m1/s1. The molecule has 1 aliphatic heterocycles. The summed E-state index contributed by atoms with van der Waals surface area (Å²) in [5, 5.41) is 17.8. The second-order valence-corrected chi connectivity index (χ2v) is 5.87. The highest BCUT2D eigenvalue weighted by molar-refractivity contribution is 7.99. The van der Waals surface area contributed by atoms with Crippen molar-refractivity contribution in [2.45, 2.75) is 24.6 Å². The number of carboxylic acids is 1. The number of amides is 1. The molecule has 1 aromatic rings. The van der Waals surface area contributed by atoms with Gasteiger partial charge < -0.3 is 10.0 Å². The zero-order chi connectivity index (χ0) is 15.2. The van der Waals surface area contributed by atoms with Crippen molar-refractivity contribution in [2.24, 2.45) is 0 Å². The molecule has 0 spiro atoms. The third-order valence-corrected chi connectivity index (χ3v) is 4.42. The molecule has 21 heavy (non-hydrogen) atoms. The summed E-state index contributed by atoms with van der Waals surface area (Å²) in [5.41, 5.74) is 1.66. The number of aliphatic carboxylic acids is 1. The van der Waals surface area contributed by atoms with Crippen LogP contribution in [0.4, 0.5) is 0 Å². The largest absolute Gasteiger partial charge is 0.480 e. The lowest BCUT2D eigenvalue weighted by Gasteiger charge is -2.21. The predicted octanol–water partition coefficient (Wildman–Crippen LogP) is 1.87. The number of likely N-dealkylation sites (tertiary alicyclic amines) is 1. The summed E-state index contributed by atoms with van der Waals surface area (Å²) in [5.74, 6) is -0.0798. The van der Waals surface area contributed by atoms with Gasteiger partial charge in [0.05, 0.1) is 17.4 Å². The fourth-order valence-corrected chi connectivity index (χ4v) is 3.21. The van der Waals surface area contributed by atoms with Crippen LogP contribution in [0.5, 0.6) is 0 Å². The predicted molar refractivity (Wildman–Crippen MR) is 79.7 cm³/mol. The van der Waals surface area contributed by atoms with E-state index in [9.17, 15) is 9.59 Å². The van der Waals surface area contributed by atoms with Gasteiger partial charge >= 0.3 is 5.97 Å². The molecule has 0 bridgehead atoms. The van der Waals surface area contributed by atoms with Crippen LogP contribution in [-0.4, -0.2) is 40.2 Å². The minimum atomic E-state index is -0.919. The van der Waals surface area contributed by atoms with Crippen molar-refractivity contribution in [1.82, 2.24) is 4.90 Å². The number of hydrogen-bond donors (Lipinski definition) is 1. The topological polar surface area (TPSA) is 81.4 Å². The molecule has 0 aromatic heterocycles. The fourth-order valence-electron chi connectivity index (χ4n) is 2.34. The molecule has 0 unspecified atom stereocenters. The van der Waals surface area contributed by atoms with Crippen LogP contribution in [0.1, 0.15) is 24.0 Å². The summed E-state index contributed by atoms with van der Waals surface area (Å²) < 4.78 is 0. The summed E-state index contributed by atoms with van der Waals surface area (Å²) in [7, 11) is 0. The Bertz CT molecular complexity index is 565. The summed E-state index contributed by atoms with van der Waals surface area (Å²) in [4.78, 5) is 24.6. The summed E-state index contributed by atoms with van der Waals surface area (Å²) in [6, 6.07) is 8.63. The van der Waals surface area contributed by atoms with Gasteiger partial charge in [-0.25, -0.2) is 4.79 Å². The lowest BCUT2D eigenvalue weighted by atomic mass is 10.2. The van der Waals surface area contributed by atoms with E-state index in [0.29, 0.717) is 24.3 Å². The molecule has 1 saturated heterocycles. The van der Waals surface area contributed by atoms with Gasteiger partial charge in [0.15, 0.2) is 0 Å². The minimum absolute atomic E-state index is 0.112. The van der Waals surface area contributed by atoms with Crippen LogP contribution in [0.2, 0.25) is 0 Å². The van der Waals surface area contributed by atoms with Crippen LogP contribution in [0, 0.1) is 11.3 Å². The number of benzene rings is 1. The highest BCUT2D eigenvalue weighted by Crippen LogP contribution is 2.20. The fraction of sp³-hybridized carbons (Fsp3) is 0.400. The molecule has 1 aliphatic rings. The van der Waals surface area contributed by atoms with Gasteiger partial charge in [-0.1, -0.05) is 12.1 Å². The SMILES string of the molecule is N#Cc1ccc(CSCC(=O)N2CCC[C@@H]2C(=O)O)cc1. The zero-order valence-electron chi connectivity index (χ0n) is 11.5. The van der Waals surface area contributed by atoms with Gasteiger partial charge in [-0.15, -0.1) is 11.8 Å². The molecule has 0 aliphatic carbocycles. The maximum absolute atomic E-state index is 12.0. The number of hydrogen-bond acceptors (Lipinski definition) is 4. The van der Waals surface area contributed by atoms with Crippen molar-refractivity contribution in [1.29, 1.82) is 5.26 Å². The molecule has 5 nitrogen and oxygen atoms in total. The van der Waals surface area contributed by atoms with Crippen molar-refractivity contribution >= 4 is 23.6 Å². The van der Waals surface area contributed by atoms with Crippen LogP contribution < -0.4 is 0 Å². The van der Waals surface area contributed by atoms with E-state index in [0.717, 1.165) is 12.0 Å². The first kappa shape index (κ1) is 15.4. The van der Waals surface area contributed by atoms with E-state index in [4.69, 9.17) is 10.4 Å². The molecule has 110 valence electrons. The highest BCUT2D eigenvalue weighted by Gasteiger charge is 2.33. The Morgan fingerprint density at radius 2 is 2.10 bits per heavy atom. The molecule has 6 heteroatoms. The van der Waals surface area contributed by atoms with E-state index in [-0.39, 0.29) is 11.7 Å². The van der Waals surface area contributed by atoms with Gasteiger partial charge in [0.1, 0.15) is 6.04 Å². The second-order valence-electron chi connectivity index (χ2n) is 4.88. The van der Waals surface area contributed by atoms with Crippen LogP contribution in [0.25, 0.3) is 0 Å². The zero-order valence-corrected chi connectivity index (χ0v) is 12.3. The molecule has 1 heterocycles. The highest BCUT2D eigenvalue weighted by atomic mass is 32.2. The second kappa shape index (κ2) is 7.14. The number of carboxylic acid groups (broad SMARTS) is 1. The Hall–Kier alpha value is -2.00. The number of nitriles is 1. The lowest BCUT2D eigenvalue weighted by molar-refractivity contribution is -0.147. The number of thioether (sulfide) groups is 1. The maximum Gasteiger partial charge on any atom is 0.326 e. The average molecular weight is 304 g/mol. The Balaban J connectivity index is 1.81. The van der Waals surface area contributed by atoms with Gasteiger partial charge in [0, 0.05) is 12.3 Å².